The Kier molecular flexibility index (Phi) is 3.95. The number of H-pyrrole nitrogens is 1. The molecule has 3 aromatic rings. The number of carbonyl (C=O) groups is 1. The molecule has 6 nitrogen and oxygen atoms in total. The number of aromatic nitrogens is 3. The van der Waals surface area contributed by atoms with Crippen LogP contribution < -0.4 is 10.9 Å². The smallest absolute Gasteiger partial charge is 0.258 e. The third kappa shape index (κ3) is 2.94. The molecular formula is C20H20N4O2. The average Bonchev–Trinajstić information content (AvgIpc) is 3.43. The minimum atomic E-state index is -0.212. The summed E-state index contributed by atoms with van der Waals surface area (Å²) in [5.41, 5.74) is 4.49. The molecule has 0 atom stereocenters. The number of hydrogen-bond donors (Lipinski definition) is 2. The molecular weight excluding hydrogens is 328 g/mol. The molecule has 0 spiro atoms. The van der Waals surface area contributed by atoms with E-state index in [0.717, 1.165) is 5.69 Å². The van der Waals surface area contributed by atoms with Gasteiger partial charge in [0.25, 0.3) is 11.5 Å². The van der Waals surface area contributed by atoms with Gasteiger partial charge in [-0.05, 0) is 49.4 Å². The first-order chi connectivity index (χ1) is 12.5. The predicted molar refractivity (Wildman–Crippen MR) is 100 cm³/mol. The fourth-order valence-corrected chi connectivity index (χ4v) is 3.24. The molecule has 1 aromatic carbocycles. The van der Waals surface area contributed by atoms with Crippen LogP contribution in [0.25, 0.3) is 11.1 Å². The number of rotatable bonds is 4. The number of benzene rings is 1. The van der Waals surface area contributed by atoms with Gasteiger partial charge in [-0.15, -0.1) is 0 Å². The molecule has 6 heteroatoms. The van der Waals surface area contributed by atoms with Crippen LogP contribution >= 0.6 is 0 Å². The zero-order valence-corrected chi connectivity index (χ0v) is 14.7. The first-order valence-electron chi connectivity index (χ1n) is 8.65. The summed E-state index contributed by atoms with van der Waals surface area (Å²) < 4.78 is 2.11. The van der Waals surface area contributed by atoms with E-state index in [2.05, 4.69) is 19.9 Å². The summed E-state index contributed by atoms with van der Waals surface area (Å²) in [6.45, 7) is 1.96. The molecule has 1 fully saturated rings. The molecule has 0 radical (unpaired) electrons. The Hall–Kier alpha value is -3.15. The summed E-state index contributed by atoms with van der Waals surface area (Å²) in [7, 11) is 2.01. The van der Waals surface area contributed by atoms with E-state index in [1.54, 1.807) is 6.07 Å². The van der Waals surface area contributed by atoms with E-state index in [1.807, 2.05) is 38.2 Å². The van der Waals surface area contributed by atoms with Crippen molar-refractivity contribution in [3.05, 3.63) is 70.2 Å². The van der Waals surface area contributed by atoms with Gasteiger partial charge in [-0.3, -0.25) is 9.59 Å². The molecule has 1 aliphatic rings. The monoisotopic (exact) mass is 348 g/mol. The summed E-state index contributed by atoms with van der Waals surface area (Å²) in [5, 5.41) is 2.94. The maximum atomic E-state index is 12.8. The molecule has 2 aromatic heterocycles. The van der Waals surface area contributed by atoms with Crippen molar-refractivity contribution in [3.63, 3.8) is 0 Å². The van der Waals surface area contributed by atoms with Crippen LogP contribution in [0.15, 0.2) is 47.7 Å². The minimum absolute atomic E-state index is 0.137. The number of nitrogens with zero attached hydrogens (tertiary/aromatic N) is 2. The minimum Gasteiger partial charge on any atom is -0.351 e. The van der Waals surface area contributed by atoms with Crippen molar-refractivity contribution < 1.29 is 4.79 Å². The number of amides is 1. The van der Waals surface area contributed by atoms with Crippen LogP contribution in [0.3, 0.4) is 0 Å². The second-order valence-corrected chi connectivity index (χ2v) is 6.73. The zero-order valence-electron chi connectivity index (χ0n) is 14.7. The van der Waals surface area contributed by atoms with Gasteiger partial charge < -0.3 is 14.9 Å². The van der Waals surface area contributed by atoms with Gasteiger partial charge in [0.05, 0.1) is 17.5 Å². The van der Waals surface area contributed by atoms with Gasteiger partial charge in [0, 0.05) is 30.3 Å². The largest absolute Gasteiger partial charge is 0.351 e. The van der Waals surface area contributed by atoms with Crippen LogP contribution in [0.4, 0.5) is 5.69 Å². The zero-order chi connectivity index (χ0) is 18.3. The summed E-state index contributed by atoms with van der Waals surface area (Å²) in [6, 6.07) is 9.22. The van der Waals surface area contributed by atoms with Gasteiger partial charge in [-0.2, -0.15) is 0 Å². The van der Waals surface area contributed by atoms with E-state index in [-0.39, 0.29) is 11.5 Å². The second-order valence-electron chi connectivity index (χ2n) is 6.73. The van der Waals surface area contributed by atoms with Crippen LogP contribution in [-0.2, 0) is 7.05 Å². The molecule has 2 heterocycles. The standard InChI is InChI=1S/C20H20N4O2/c1-12-16(9-18(24(12)2)13-6-7-13)20(26)23-15-5-3-4-14(8-15)17-10-21-11-22-19(17)25/h3-5,8-11,13H,6-7H2,1-2H3,(H,23,26)(H,21,22,25). The number of aromatic amines is 1. The van der Waals surface area contributed by atoms with Crippen molar-refractivity contribution in [2.24, 2.45) is 7.05 Å². The van der Waals surface area contributed by atoms with Crippen molar-refractivity contribution >= 4 is 11.6 Å². The normalized spacial score (nSPS) is 13.6. The number of carbonyl (C=O) groups excluding carboxylic acids is 1. The SMILES string of the molecule is Cc1c(C(=O)Nc2cccc(-c3cnc[nH]c3=O)c2)cc(C2CC2)n1C. The van der Waals surface area contributed by atoms with Gasteiger partial charge >= 0.3 is 0 Å². The van der Waals surface area contributed by atoms with Crippen molar-refractivity contribution in [1.82, 2.24) is 14.5 Å². The summed E-state index contributed by atoms with van der Waals surface area (Å²) in [5.74, 6) is 0.447. The maximum Gasteiger partial charge on any atom is 0.258 e. The van der Waals surface area contributed by atoms with Crippen molar-refractivity contribution in [3.8, 4) is 11.1 Å². The maximum absolute atomic E-state index is 12.8. The van der Waals surface area contributed by atoms with E-state index in [0.29, 0.717) is 28.3 Å². The molecule has 1 saturated carbocycles. The summed E-state index contributed by atoms with van der Waals surface area (Å²) in [6.07, 6.45) is 5.26. The van der Waals surface area contributed by atoms with E-state index in [9.17, 15) is 9.59 Å². The molecule has 1 aliphatic carbocycles. The molecule has 4 rings (SSSR count). The first-order valence-corrected chi connectivity index (χ1v) is 8.65. The highest BCUT2D eigenvalue weighted by Crippen LogP contribution is 2.41. The van der Waals surface area contributed by atoms with Crippen molar-refractivity contribution in [2.75, 3.05) is 5.32 Å². The molecule has 0 aliphatic heterocycles. The molecule has 132 valence electrons. The lowest BCUT2D eigenvalue weighted by Gasteiger charge is -2.07. The Balaban J connectivity index is 1.61. The molecule has 0 bridgehead atoms. The Labute approximate surface area is 150 Å². The number of nitrogens with one attached hydrogen (secondary N) is 2. The van der Waals surface area contributed by atoms with Crippen LogP contribution in [0, 0.1) is 6.92 Å². The second kappa shape index (κ2) is 6.29. The fraction of sp³-hybridized carbons (Fsp3) is 0.250. The Morgan fingerprint density at radius 3 is 2.85 bits per heavy atom. The lowest BCUT2D eigenvalue weighted by Crippen LogP contribution is -2.13. The first kappa shape index (κ1) is 16.3. The average molecular weight is 348 g/mol. The number of hydrogen-bond acceptors (Lipinski definition) is 3. The lowest BCUT2D eigenvalue weighted by atomic mass is 10.1. The predicted octanol–water partition coefficient (Wildman–Crippen LogP) is 3.21. The van der Waals surface area contributed by atoms with E-state index < -0.39 is 0 Å². The van der Waals surface area contributed by atoms with Gasteiger partial charge in [-0.25, -0.2) is 4.98 Å². The molecule has 26 heavy (non-hydrogen) atoms. The summed E-state index contributed by atoms with van der Waals surface area (Å²) >= 11 is 0. The molecule has 0 unspecified atom stereocenters. The third-order valence-corrected chi connectivity index (χ3v) is 4.96. The van der Waals surface area contributed by atoms with Crippen LogP contribution in [0.5, 0.6) is 0 Å². The van der Waals surface area contributed by atoms with Crippen LogP contribution in [0.1, 0.15) is 40.5 Å². The third-order valence-electron chi connectivity index (χ3n) is 4.96. The molecule has 1 amide bonds. The highest BCUT2D eigenvalue weighted by molar-refractivity contribution is 6.05. The van der Waals surface area contributed by atoms with Crippen molar-refractivity contribution in [2.45, 2.75) is 25.7 Å². The van der Waals surface area contributed by atoms with Gasteiger partial charge in [0.2, 0.25) is 0 Å². The van der Waals surface area contributed by atoms with Gasteiger partial charge in [0.15, 0.2) is 0 Å². The molecule has 0 saturated heterocycles. The van der Waals surface area contributed by atoms with Crippen molar-refractivity contribution in [1.29, 1.82) is 0 Å². The van der Waals surface area contributed by atoms with Gasteiger partial charge in [-0.1, -0.05) is 12.1 Å². The van der Waals surface area contributed by atoms with Crippen LogP contribution in [0.2, 0.25) is 0 Å². The fourth-order valence-electron chi connectivity index (χ4n) is 3.24. The Morgan fingerprint density at radius 1 is 1.31 bits per heavy atom. The summed E-state index contributed by atoms with van der Waals surface area (Å²) in [4.78, 5) is 31.2. The van der Waals surface area contributed by atoms with E-state index in [1.165, 1.54) is 31.1 Å². The highest BCUT2D eigenvalue weighted by atomic mass is 16.1. The Bertz CT molecular complexity index is 1040. The topological polar surface area (TPSA) is 79.8 Å². The number of anilines is 1. The van der Waals surface area contributed by atoms with E-state index >= 15 is 0 Å². The quantitative estimate of drug-likeness (QED) is 0.760. The Morgan fingerprint density at radius 2 is 2.12 bits per heavy atom. The van der Waals surface area contributed by atoms with E-state index in [4.69, 9.17) is 0 Å². The van der Waals surface area contributed by atoms with Crippen LogP contribution in [-0.4, -0.2) is 20.4 Å². The van der Waals surface area contributed by atoms with Gasteiger partial charge in [0.1, 0.15) is 0 Å². The lowest BCUT2D eigenvalue weighted by molar-refractivity contribution is 0.102. The molecule has 2 N–H and O–H groups in total. The highest BCUT2D eigenvalue weighted by Gasteiger charge is 2.28.